The molecule has 0 bridgehead atoms. The molecule has 0 spiro atoms. The molecule has 0 aliphatic heterocycles. The Labute approximate surface area is 167 Å². The molecular formula is C22H26F4O3. The number of hydrogen-bond acceptors (Lipinski definition) is 3. The first kappa shape index (κ1) is 23.3. The smallest absolute Gasteiger partial charge is 0.282 e. The van der Waals surface area contributed by atoms with Crippen molar-refractivity contribution in [1.82, 2.24) is 0 Å². The van der Waals surface area contributed by atoms with E-state index in [9.17, 15) is 32.9 Å². The second-order valence-corrected chi connectivity index (χ2v) is 7.27. The van der Waals surface area contributed by atoms with Crippen molar-refractivity contribution in [2.75, 3.05) is 0 Å². The third-order valence-corrected chi connectivity index (χ3v) is 5.04. The zero-order chi connectivity index (χ0) is 21.6. The Morgan fingerprint density at radius 3 is 1.97 bits per heavy atom. The zero-order valence-corrected chi connectivity index (χ0v) is 16.3. The molecule has 0 aliphatic carbocycles. The highest BCUT2D eigenvalue weighted by Crippen LogP contribution is 2.33. The summed E-state index contributed by atoms with van der Waals surface area (Å²) in [5.74, 6) is -10.7. The SMILES string of the molecule is CCCCCCCCC(c1ccc(-c2cc(F)c(F)c(F)c2F)cc1)C(O)(O)O. The highest BCUT2D eigenvalue weighted by atomic mass is 19.2. The van der Waals surface area contributed by atoms with Gasteiger partial charge in [-0.15, -0.1) is 0 Å². The largest absolute Gasteiger partial charge is 0.343 e. The number of rotatable bonds is 10. The van der Waals surface area contributed by atoms with Crippen LogP contribution in [0.15, 0.2) is 30.3 Å². The predicted octanol–water partition coefficient (Wildman–Crippen LogP) is 5.37. The summed E-state index contributed by atoms with van der Waals surface area (Å²) in [6, 6.07) is 6.03. The molecule has 2 rings (SSSR count). The fourth-order valence-corrected chi connectivity index (χ4v) is 3.39. The summed E-state index contributed by atoms with van der Waals surface area (Å²) >= 11 is 0. The van der Waals surface area contributed by atoms with Gasteiger partial charge in [0.25, 0.3) is 5.97 Å². The van der Waals surface area contributed by atoms with Crippen LogP contribution in [-0.4, -0.2) is 21.3 Å². The van der Waals surface area contributed by atoms with E-state index < -0.39 is 40.7 Å². The molecule has 0 saturated carbocycles. The normalized spacial score (nSPS) is 13.0. The lowest BCUT2D eigenvalue weighted by Gasteiger charge is -2.26. The summed E-state index contributed by atoms with van der Waals surface area (Å²) in [5.41, 5.74) is 0.00346. The van der Waals surface area contributed by atoms with Crippen molar-refractivity contribution >= 4 is 0 Å². The molecule has 0 aromatic heterocycles. The molecule has 1 atom stereocenters. The van der Waals surface area contributed by atoms with Crippen LogP contribution < -0.4 is 0 Å². The minimum Gasteiger partial charge on any atom is -0.343 e. The van der Waals surface area contributed by atoms with E-state index in [0.29, 0.717) is 24.5 Å². The van der Waals surface area contributed by atoms with Gasteiger partial charge in [0.1, 0.15) is 0 Å². The molecule has 7 heteroatoms. The van der Waals surface area contributed by atoms with Crippen molar-refractivity contribution in [2.45, 2.75) is 63.8 Å². The van der Waals surface area contributed by atoms with Crippen LogP contribution in [-0.2, 0) is 0 Å². The summed E-state index contributed by atoms with van der Waals surface area (Å²) in [4.78, 5) is 0. The third-order valence-electron chi connectivity index (χ3n) is 5.04. The van der Waals surface area contributed by atoms with Crippen LogP contribution in [0.5, 0.6) is 0 Å². The first-order valence-electron chi connectivity index (χ1n) is 9.77. The van der Waals surface area contributed by atoms with Crippen LogP contribution in [0, 0.1) is 23.3 Å². The molecule has 160 valence electrons. The van der Waals surface area contributed by atoms with E-state index in [0.717, 1.165) is 32.1 Å². The number of benzene rings is 2. The standard InChI is InChI=1S/C22H26F4O3/c1-2-3-4-5-6-7-8-17(22(27,28)29)15-11-9-14(10-12-15)16-13-18(23)20(25)21(26)19(16)24/h9-13,17,27-29H,2-8H2,1H3. The second-order valence-electron chi connectivity index (χ2n) is 7.27. The van der Waals surface area contributed by atoms with Crippen LogP contribution in [0.2, 0.25) is 0 Å². The van der Waals surface area contributed by atoms with Gasteiger partial charge in [-0.05, 0) is 23.6 Å². The lowest BCUT2D eigenvalue weighted by atomic mass is 9.89. The molecule has 2 aromatic carbocycles. The summed E-state index contributed by atoms with van der Waals surface area (Å²) in [5, 5.41) is 29.1. The van der Waals surface area contributed by atoms with Gasteiger partial charge in [0.05, 0.1) is 5.92 Å². The van der Waals surface area contributed by atoms with Crippen molar-refractivity contribution in [1.29, 1.82) is 0 Å². The van der Waals surface area contributed by atoms with E-state index in [4.69, 9.17) is 0 Å². The molecule has 0 saturated heterocycles. The molecule has 1 unspecified atom stereocenters. The molecule has 0 aliphatic rings. The van der Waals surface area contributed by atoms with Gasteiger partial charge in [0.15, 0.2) is 23.3 Å². The lowest BCUT2D eigenvalue weighted by molar-refractivity contribution is -0.326. The molecule has 0 heterocycles. The number of aliphatic hydroxyl groups is 3. The third kappa shape index (κ3) is 6.01. The Morgan fingerprint density at radius 2 is 1.38 bits per heavy atom. The summed E-state index contributed by atoms with van der Waals surface area (Å²) in [7, 11) is 0. The van der Waals surface area contributed by atoms with Crippen molar-refractivity contribution in [3.05, 3.63) is 59.2 Å². The quantitative estimate of drug-likeness (QED) is 0.161. The van der Waals surface area contributed by atoms with Gasteiger partial charge < -0.3 is 15.3 Å². The first-order chi connectivity index (χ1) is 13.7. The van der Waals surface area contributed by atoms with Crippen LogP contribution in [0.25, 0.3) is 11.1 Å². The average Bonchev–Trinajstić information content (AvgIpc) is 2.68. The Hall–Kier alpha value is -1.96. The maximum atomic E-state index is 14.0. The van der Waals surface area contributed by atoms with Gasteiger partial charge in [-0.2, -0.15) is 0 Å². The summed E-state index contributed by atoms with van der Waals surface area (Å²) < 4.78 is 54.0. The molecule has 3 nitrogen and oxygen atoms in total. The lowest BCUT2D eigenvalue weighted by Crippen LogP contribution is -2.35. The maximum absolute atomic E-state index is 14.0. The van der Waals surface area contributed by atoms with Crippen LogP contribution >= 0.6 is 0 Å². The van der Waals surface area contributed by atoms with Gasteiger partial charge in [0.2, 0.25) is 0 Å². The Balaban J connectivity index is 2.17. The van der Waals surface area contributed by atoms with Gasteiger partial charge >= 0.3 is 0 Å². The van der Waals surface area contributed by atoms with E-state index in [1.807, 2.05) is 0 Å². The van der Waals surface area contributed by atoms with E-state index in [1.54, 1.807) is 0 Å². The molecule has 29 heavy (non-hydrogen) atoms. The minimum atomic E-state index is -2.94. The summed E-state index contributed by atoms with van der Waals surface area (Å²) in [6.45, 7) is 2.11. The molecule has 2 aromatic rings. The van der Waals surface area contributed by atoms with Crippen LogP contribution in [0.4, 0.5) is 17.6 Å². The maximum Gasteiger partial charge on any atom is 0.282 e. The van der Waals surface area contributed by atoms with Crippen molar-refractivity contribution < 1.29 is 32.9 Å². The Morgan fingerprint density at radius 1 is 0.793 bits per heavy atom. The Kier molecular flexibility index (Phi) is 8.19. The number of hydrogen-bond donors (Lipinski definition) is 3. The van der Waals surface area contributed by atoms with Gasteiger partial charge in [-0.1, -0.05) is 69.7 Å². The van der Waals surface area contributed by atoms with E-state index in [1.165, 1.54) is 24.3 Å². The second kappa shape index (κ2) is 10.2. The van der Waals surface area contributed by atoms with Crippen molar-refractivity contribution in [2.24, 2.45) is 0 Å². The molecular weight excluding hydrogens is 388 g/mol. The van der Waals surface area contributed by atoms with Gasteiger partial charge in [-0.25, -0.2) is 17.6 Å². The van der Waals surface area contributed by atoms with Crippen LogP contribution in [0.3, 0.4) is 0 Å². The van der Waals surface area contributed by atoms with E-state index >= 15 is 0 Å². The fraction of sp³-hybridized carbons (Fsp3) is 0.455. The molecule has 0 amide bonds. The molecule has 3 N–H and O–H groups in total. The first-order valence-corrected chi connectivity index (χ1v) is 9.77. The topological polar surface area (TPSA) is 60.7 Å². The van der Waals surface area contributed by atoms with E-state index in [-0.39, 0.29) is 5.56 Å². The number of unbranched alkanes of at least 4 members (excludes halogenated alkanes) is 5. The van der Waals surface area contributed by atoms with Crippen LogP contribution in [0.1, 0.15) is 63.4 Å². The molecule has 0 fully saturated rings. The minimum absolute atomic E-state index is 0.0850. The van der Waals surface area contributed by atoms with Crippen molar-refractivity contribution in [3.63, 3.8) is 0 Å². The van der Waals surface area contributed by atoms with Crippen molar-refractivity contribution in [3.8, 4) is 11.1 Å². The fourth-order valence-electron chi connectivity index (χ4n) is 3.39. The molecule has 0 radical (unpaired) electrons. The predicted molar refractivity (Wildman–Crippen MR) is 102 cm³/mol. The summed E-state index contributed by atoms with van der Waals surface area (Å²) in [6.07, 6.45) is 6.21. The van der Waals surface area contributed by atoms with E-state index in [2.05, 4.69) is 6.92 Å². The highest BCUT2D eigenvalue weighted by Gasteiger charge is 2.33. The number of halogens is 4. The van der Waals surface area contributed by atoms with Gasteiger partial charge in [-0.3, -0.25) is 0 Å². The highest BCUT2D eigenvalue weighted by molar-refractivity contribution is 5.65. The monoisotopic (exact) mass is 414 g/mol. The van der Waals surface area contributed by atoms with Gasteiger partial charge in [0, 0.05) is 5.56 Å². The zero-order valence-electron chi connectivity index (χ0n) is 16.3. The average molecular weight is 414 g/mol. The Bertz CT molecular complexity index is 801.